The SMILES string of the molecule is Cc1c(CNc2nccn3nc(C(C)C)cc23)cnn1C. The molecule has 0 amide bonds. The van der Waals surface area contributed by atoms with Gasteiger partial charge in [0.15, 0.2) is 5.82 Å². The predicted octanol–water partition coefficient (Wildman–Crippen LogP) is 2.51. The Morgan fingerprint density at radius 2 is 2.14 bits per heavy atom. The molecule has 0 spiro atoms. The average Bonchev–Trinajstić information content (AvgIpc) is 3.03. The van der Waals surface area contributed by atoms with Gasteiger partial charge in [-0.2, -0.15) is 10.2 Å². The van der Waals surface area contributed by atoms with E-state index >= 15 is 0 Å². The highest BCUT2D eigenvalue weighted by atomic mass is 15.3. The zero-order chi connectivity index (χ0) is 15.0. The van der Waals surface area contributed by atoms with Crippen LogP contribution in [0.15, 0.2) is 24.7 Å². The molecular weight excluding hydrogens is 264 g/mol. The summed E-state index contributed by atoms with van der Waals surface area (Å²) in [5.41, 5.74) is 4.40. The molecule has 0 aliphatic carbocycles. The van der Waals surface area contributed by atoms with Crippen LogP contribution in [0.5, 0.6) is 0 Å². The van der Waals surface area contributed by atoms with Crippen LogP contribution in [-0.2, 0) is 13.6 Å². The Balaban J connectivity index is 1.88. The zero-order valence-electron chi connectivity index (χ0n) is 12.8. The third-order valence-electron chi connectivity index (χ3n) is 3.78. The van der Waals surface area contributed by atoms with E-state index in [1.54, 1.807) is 6.20 Å². The number of fused-ring (bicyclic) bond motifs is 1. The number of hydrogen-bond donors (Lipinski definition) is 1. The molecule has 0 aromatic carbocycles. The van der Waals surface area contributed by atoms with Crippen LogP contribution in [0.3, 0.4) is 0 Å². The number of hydrogen-bond acceptors (Lipinski definition) is 4. The monoisotopic (exact) mass is 284 g/mol. The number of aryl methyl sites for hydroxylation is 1. The third kappa shape index (κ3) is 2.49. The average molecular weight is 284 g/mol. The van der Waals surface area contributed by atoms with Crippen LogP contribution < -0.4 is 5.32 Å². The van der Waals surface area contributed by atoms with Gasteiger partial charge in [0.1, 0.15) is 5.52 Å². The molecule has 1 N–H and O–H groups in total. The Kier molecular flexibility index (Phi) is 3.37. The van der Waals surface area contributed by atoms with Gasteiger partial charge in [-0.15, -0.1) is 0 Å². The van der Waals surface area contributed by atoms with Gasteiger partial charge in [0.05, 0.1) is 11.9 Å². The Labute approximate surface area is 123 Å². The van der Waals surface area contributed by atoms with Gasteiger partial charge in [-0.25, -0.2) is 9.50 Å². The van der Waals surface area contributed by atoms with E-state index < -0.39 is 0 Å². The van der Waals surface area contributed by atoms with Gasteiger partial charge in [-0.3, -0.25) is 4.68 Å². The molecular formula is C15H20N6. The van der Waals surface area contributed by atoms with E-state index in [0.717, 1.165) is 22.7 Å². The van der Waals surface area contributed by atoms with Crippen LogP contribution in [-0.4, -0.2) is 24.4 Å². The second-order valence-electron chi connectivity index (χ2n) is 5.56. The molecule has 3 rings (SSSR count). The molecule has 0 saturated carbocycles. The predicted molar refractivity (Wildman–Crippen MR) is 82.3 cm³/mol. The Hall–Kier alpha value is -2.37. The summed E-state index contributed by atoms with van der Waals surface area (Å²) in [6.07, 6.45) is 5.53. The minimum Gasteiger partial charge on any atom is -0.364 e. The van der Waals surface area contributed by atoms with Crippen molar-refractivity contribution in [2.24, 2.45) is 7.05 Å². The molecule has 6 nitrogen and oxygen atoms in total. The highest BCUT2D eigenvalue weighted by Gasteiger charge is 2.10. The largest absolute Gasteiger partial charge is 0.364 e. The molecule has 0 saturated heterocycles. The molecule has 3 aromatic heterocycles. The minimum absolute atomic E-state index is 0.401. The molecule has 21 heavy (non-hydrogen) atoms. The van der Waals surface area contributed by atoms with Gasteiger partial charge >= 0.3 is 0 Å². The van der Waals surface area contributed by atoms with Gasteiger partial charge in [0.2, 0.25) is 0 Å². The Morgan fingerprint density at radius 1 is 1.33 bits per heavy atom. The van der Waals surface area contributed by atoms with Crippen LogP contribution >= 0.6 is 0 Å². The fourth-order valence-electron chi connectivity index (χ4n) is 2.26. The molecule has 0 fully saturated rings. The lowest BCUT2D eigenvalue weighted by molar-refractivity contribution is 0.738. The van der Waals surface area contributed by atoms with Crippen molar-refractivity contribution in [2.45, 2.75) is 33.2 Å². The fourth-order valence-corrected chi connectivity index (χ4v) is 2.26. The summed E-state index contributed by atoms with van der Waals surface area (Å²) in [4.78, 5) is 4.43. The summed E-state index contributed by atoms with van der Waals surface area (Å²) in [5.74, 6) is 1.25. The zero-order valence-corrected chi connectivity index (χ0v) is 12.8. The van der Waals surface area contributed by atoms with Gasteiger partial charge in [-0.05, 0) is 18.9 Å². The molecule has 3 heterocycles. The standard InChI is InChI=1S/C15H20N6/c1-10(2)13-7-14-15(16-5-6-21(14)19-13)17-8-12-9-18-20(4)11(12)3/h5-7,9-10H,8H2,1-4H3,(H,16,17). The van der Waals surface area contributed by atoms with E-state index in [0.29, 0.717) is 12.5 Å². The van der Waals surface area contributed by atoms with Crippen molar-refractivity contribution in [2.75, 3.05) is 5.32 Å². The molecule has 6 heteroatoms. The van der Waals surface area contributed by atoms with E-state index in [9.17, 15) is 0 Å². The van der Waals surface area contributed by atoms with E-state index in [1.165, 1.54) is 5.56 Å². The van der Waals surface area contributed by atoms with Crippen LogP contribution in [0.1, 0.15) is 36.7 Å². The number of anilines is 1. The summed E-state index contributed by atoms with van der Waals surface area (Å²) < 4.78 is 3.75. The van der Waals surface area contributed by atoms with Gasteiger partial charge in [0, 0.05) is 37.2 Å². The first kappa shape index (κ1) is 13.6. The summed E-state index contributed by atoms with van der Waals surface area (Å²) in [5, 5.41) is 12.2. The van der Waals surface area contributed by atoms with Crippen molar-refractivity contribution in [1.82, 2.24) is 24.4 Å². The second kappa shape index (κ2) is 5.20. The molecule has 110 valence electrons. The molecule has 0 unspecified atom stereocenters. The normalized spacial score (nSPS) is 11.5. The first-order valence-electron chi connectivity index (χ1n) is 7.12. The maximum atomic E-state index is 4.57. The molecule has 0 aliphatic heterocycles. The van der Waals surface area contributed by atoms with Gasteiger partial charge in [-0.1, -0.05) is 13.8 Å². The topological polar surface area (TPSA) is 60.0 Å². The van der Waals surface area contributed by atoms with Crippen molar-refractivity contribution in [3.63, 3.8) is 0 Å². The Bertz CT molecular complexity index is 768. The molecule has 0 radical (unpaired) electrons. The van der Waals surface area contributed by atoms with E-state index in [2.05, 4.69) is 47.3 Å². The summed E-state index contributed by atoms with van der Waals surface area (Å²) in [7, 11) is 1.95. The molecule has 3 aromatic rings. The number of aromatic nitrogens is 5. The van der Waals surface area contributed by atoms with Crippen molar-refractivity contribution in [3.05, 3.63) is 41.6 Å². The lowest BCUT2D eigenvalue weighted by Crippen LogP contribution is -2.04. The van der Waals surface area contributed by atoms with Crippen molar-refractivity contribution in [3.8, 4) is 0 Å². The maximum Gasteiger partial charge on any atom is 0.152 e. The number of nitrogens with one attached hydrogen (secondary N) is 1. The van der Waals surface area contributed by atoms with Crippen molar-refractivity contribution < 1.29 is 0 Å². The second-order valence-corrected chi connectivity index (χ2v) is 5.56. The van der Waals surface area contributed by atoms with Gasteiger partial charge in [0.25, 0.3) is 0 Å². The smallest absolute Gasteiger partial charge is 0.152 e. The Morgan fingerprint density at radius 3 is 2.81 bits per heavy atom. The van der Waals surface area contributed by atoms with E-state index in [1.807, 2.05) is 28.6 Å². The lowest BCUT2D eigenvalue weighted by Gasteiger charge is -2.06. The molecule has 0 aliphatic rings. The number of nitrogens with zero attached hydrogens (tertiary/aromatic N) is 5. The van der Waals surface area contributed by atoms with Gasteiger partial charge < -0.3 is 5.32 Å². The van der Waals surface area contributed by atoms with Crippen molar-refractivity contribution in [1.29, 1.82) is 0 Å². The van der Waals surface area contributed by atoms with Crippen LogP contribution in [0.2, 0.25) is 0 Å². The summed E-state index contributed by atoms with van der Waals surface area (Å²) in [6, 6.07) is 2.09. The minimum atomic E-state index is 0.401. The summed E-state index contributed by atoms with van der Waals surface area (Å²) >= 11 is 0. The first-order chi connectivity index (χ1) is 10.1. The first-order valence-corrected chi connectivity index (χ1v) is 7.12. The molecule has 0 bridgehead atoms. The highest BCUT2D eigenvalue weighted by molar-refractivity contribution is 5.68. The van der Waals surface area contributed by atoms with E-state index in [4.69, 9.17) is 0 Å². The molecule has 0 atom stereocenters. The number of rotatable bonds is 4. The van der Waals surface area contributed by atoms with Crippen LogP contribution in [0, 0.1) is 6.92 Å². The van der Waals surface area contributed by atoms with Crippen LogP contribution in [0.25, 0.3) is 5.52 Å². The van der Waals surface area contributed by atoms with Crippen LogP contribution in [0.4, 0.5) is 5.82 Å². The highest BCUT2D eigenvalue weighted by Crippen LogP contribution is 2.20. The summed E-state index contributed by atoms with van der Waals surface area (Å²) in [6.45, 7) is 7.05. The quantitative estimate of drug-likeness (QED) is 0.799. The van der Waals surface area contributed by atoms with E-state index in [-0.39, 0.29) is 0 Å². The fraction of sp³-hybridized carbons (Fsp3) is 0.400. The lowest BCUT2D eigenvalue weighted by atomic mass is 10.1. The van der Waals surface area contributed by atoms with Crippen molar-refractivity contribution >= 4 is 11.3 Å². The maximum absolute atomic E-state index is 4.57. The third-order valence-corrected chi connectivity index (χ3v) is 3.78.